The van der Waals surface area contributed by atoms with Crippen molar-refractivity contribution >= 4 is 35.8 Å². The smallest absolute Gasteiger partial charge is 0.350 e. The third-order valence-corrected chi connectivity index (χ3v) is 2.76. The molecule has 0 saturated carbocycles. The number of carbonyl (C=O) groups excluding carboxylic acids is 1. The molecule has 12 heavy (non-hydrogen) atoms. The highest BCUT2D eigenvalue weighted by Gasteiger charge is 2.15. The minimum atomic E-state index is -0.329. The van der Waals surface area contributed by atoms with Crippen LogP contribution in [0.3, 0.4) is 0 Å². The number of nitrogens with one attached hydrogen (secondary N) is 1. The molecule has 0 bridgehead atoms. The normalized spacial score (nSPS) is 9.58. The Balaban J connectivity index is 3.07. The van der Waals surface area contributed by atoms with Crippen LogP contribution in [0.2, 0.25) is 0 Å². The van der Waals surface area contributed by atoms with E-state index in [2.05, 4.69) is 22.3 Å². The van der Waals surface area contributed by atoms with E-state index in [0.717, 1.165) is 11.3 Å². The van der Waals surface area contributed by atoms with Gasteiger partial charge >= 0.3 is 5.97 Å². The summed E-state index contributed by atoms with van der Waals surface area (Å²) < 4.78 is 7.25. The van der Waals surface area contributed by atoms with E-state index >= 15 is 0 Å². The summed E-state index contributed by atoms with van der Waals surface area (Å²) in [5.41, 5.74) is 1.73. The van der Waals surface area contributed by atoms with Gasteiger partial charge in [0.05, 0.1) is 12.8 Å². The van der Waals surface area contributed by atoms with Gasteiger partial charge in [0.1, 0.15) is 4.88 Å². The van der Waals surface area contributed by atoms with Crippen molar-refractivity contribution in [3.8, 4) is 0 Å². The van der Waals surface area contributed by atoms with Gasteiger partial charge in [-0.2, -0.15) is 0 Å². The second-order valence-electron chi connectivity index (χ2n) is 2.23. The molecule has 0 amide bonds. The fourth-order valence-corrected chi connectivity index (χ4v) is 2.11. The summed E-state index contributed by atoms with van der Waals surface area (Å²) in [6, 6.07) is 0. The summed E-state index contributed by atoms with van der Waals surface area (Å²) in [5, 5.41) is 1.88. The number of hydrogen-bond acceptors (Lipinski definition) is 5. The largest absolute Gasteiger partial charge is 0.465 e. The molecule has 1 aromatic rings. The summed E-state index contributed by atoms with van der Waals surface area (Å²) in [6.45, 7) is 1.90. The molecule has 3 nitrogen and oxygen atoms in total. The molecule has 0 aliphatic rings. The zero-order chi connectivity index (χ0) is 9.14. The summed E-state index contributed by atoms with van der Waals surface area (Å²) in [7, 11) is 1.36. The van der Waals surface area contributed by atoms with Crippen LogP contribution in [0, 0.1) is 6.92 Å². The molecule has 0 radical (unpaired) electrons. The van der Waals surface area contributed by atoms with E-state index in [4.69, 9.17) is 0 Å². The van der Waals surface area contributed by atoms with E-state index in [0.29, 0.717) is 4.88 Å². The van der Waals surface area contributed by atoms with E-state index in [1.165, 1.54) is 18.4 Å². The lowest BCUT2D eigenvalue weighted by atomic mass is 10.3. The zero-order valence-electron chi connectivity index (χ0n) is 6.75. The number of ether oxygens (including phenoxy) is 1. The average Bonchev–Trinajstić information content (AvgIpc) is 2.45. The van der Waals surface area contributed by atoms with Gasteiger partial charge in [-0.15, -0.1) is 11.3 Å². The summed E-state index contributed by atoms with van der Waals surface area (Å²) in [6.07, 6.45) is 0. The maximum atomic E-state index is 11.1. The van der Waals surface area contributed by atoms with Crippen LogP contribution in [0.5, 0.6) is 0 Å². The number of carbonyl (C=O) groups is 1. The lowest BCUT2D eigenvalue weighted by molar-refractivity contribution is 0.0607. The molecular formula is C7H9NO2S2. The highest BCUT2D eigenvalue weighted by molar-refractivity contribution is 7.81. The van der Waals surface area contributed by atoms with Crippen LogP contribution >= 0.6 is 24.2 Å². The lowest BCUT2D eigenvalue weighted by Gasteiger charge is -2.00. The molecule has 0 fully saturated rings. The van der Waals surface area contributed by atoms with E-state index in [-0.39, 0.29) is 5.97 Å². The lowest BCUT2D eigenvalue weighted by Crippen LogP contribution is -2.00. The summed E-state index contributed by atoms with van der Waals surface area (Å²) >= 11 is 5.25. The standard InChI is InChI=1S/C7H9NO2S2/c1-4-3-12-6(5(4)8-11)7(9)10-2/h3,8,11H,1-2H3. The van der Waals surface area contributed by atoms with Crippen molar-refractivity contribution in [2.45, 2.75) is 6.92 Å². The van der Waals surface area contributed by atoms with Gasteiger partial charge in [-0.1, -0.05) is 12.8 Å². The van der Waals surface area contributed by atoms with Gasteiger partial charge in [-0.05, 0) is 17.9 Å². The van der Waals surface area contributed by atoms with Crippen molar-refractivity contribution in [2.75, 3.05) is 11.8 Å². The summed E-state index contributed by atoms with van der Waals surface area (Å²) in [4.78, 5) is 11.7. The molecule has 66 valence electrons. The first-order chi connectivity index (χ1) is 5.70. The molecule has 0 atom stereocenters. The highest BCUT2D eigenvalue weighted by atomic mass is 32.1. The van der Waals surface area contributed by atoms with Crippen LogP contribution < -0.4 is 4.72 Å². The van der Waals surface area contributed by atoms with Gasteiger partial charge in [-0.25, -0.2) is 4.79 Å². The Kier molecular flexibility index (Phi) is 2.99. The Morgan fingerprint density at radius 3 is 2.92 bits per heavy atom. The average molecular weight is 203 g/mol. The molecule has 1 aromatic heterocycles. The van der Waals surface area contributed by atoms with Crippen LogP contribution in [-0.2, 0) is 4.74 Å². The van der Waals surface area contributed by atoms with Crippen molar-refractivity contribution in [3.05, 3.63) is 15.8 Å². The molecule has 0 aromatic carbocycles. The second kappa shape index (κ2) is 3.82. The molecule has 1 rings (SSSR count). The van der Waals surface area contributed by atoms with Gasteiger partial charge in [-0.3, -0.25) is 0 Å². The number of anilines is 1. The molecule has 0 saturated heterocycles. The van der Waals surface area contributed by atoms with E-state index in [9.17, 15) is 4.79 Å². The van der Waals surface area contributed by atoms with Crippen molar-refractivity contribution < 1.29 is 9.53 Å². The second-order valence-corrected chi connectivity index (χ2v) is 3.33. The van der Waals surface area contributed by atoms with Crippen molar-refractivity contribution in [3.63, 3.8) is 0 Å². The van der Waals surface area contributed by atoms with Gasteiger partial charge in [0.25, 0.3) is 0 Å². The monoisotopic (exact) mass is 203 g/mol. The van der Waals surface area contributed by atoms with Gasteiger partial charge < -0.3 is 9.46 Å². The van der Waals surface area contributed by atoms with Crippen LogP contribution in [0.25, 0.3) is 0 Å². The predicted molar refractivity (Wildman–Crippen MR) is 53.0 cm³/mol. The quantitative estimate of drug-likeness (QED) is 0.571. The molecule has 0 aliphatic heterocycles. The SMILES string of the molecule is COC(=O)c1scc(C)c1NS. The van der Waals surface area contributed by atoms with Crippen LogP contribution in [0.15, 0.2) is 5.38 Å². The number of thiol groups is 1. The predicted octanol–water partition coefficient (Wildman–Crippen LogP) is 2.10. The van der Waals surface area contributed by atoms with Gasteiger partial charge in [0, 0.05) is 0 Å². The van der Waals surface area contributed by atoms with E-state index in [1.54, 1.807) is 0 Å². The first-order valence-corrected chi connectivity index (χ1v) is 4.60. The Morgan fingerprint density at radius 1 is 1.75 bits per heavy atom. The topological polar surface area (TPSA) is 38.3 Å². The van der Waals surface area contributed by atoms with Crippen LogP contribution in [0.4, 0.5) is 5.69 Å². The van der Waals surface area contributed by atoms with Gasteiger partial charge in [0.15, 0.2) is 0 Å². The number of hydrogen-bond donors (Lipinski definition) is 2. The molecule has 1 N–H and O–H groups in total. The number of aryl methyl sites for hydroxylation is 1. The maximum Gasteiger partial charge on any atom is 0.350 e. The zero-order valence-corrected chi connectivity index (χ0v) is 8.46. The fraction of sp³-hybridized carbons (Fsp3) is 0.286. The van der Waals surface area contributed by atoms with Gasteiger partial charge in [0.2, 0.25) is 0 Å². The minimum absolute atomic E-state index is 0.329. The number of thiophene rings is 1. The summed E-state index contributed by atoms with van der Waals surface area (Å²) in [5.74, 6) is -0.329. The Hall–Kier alpha value is -0.680. The molecule has 5 heteroatoms. The first kappa shape index (κ1) is 9.41. The number of rotatable bonds is 2. The Labute approximate surface area is 80.3 Å². The molecular weight excluding hydrogens is 194 g/mol. The molecule has 0 spiro atoms. The van der Waals surface area contributed by atoms with Crippen molar-refractivity contribution in [1.29, 1.82) is 0 Å². The van der Waals surface area contributed by atoms with E-state index in [1.807, 2.05) is 12.3 Å². The maximum absolute atomic E-state index is 11.1. The first-order valence-electron chi connectivity index (χ1n) is 3.27. The number of esters is 1. The fourth-order valence-electron chi connectivity index (χ4n) is 0.826. The number of methoxy groups -OCH3 is 1. The Bertz CT molecular complexity index is 296. The Morgan fingerprint density at radius 2 is 2.42 bits per heavy atom. The molecule has 0 aliphatic carbocycles. The third-order valence-electron chi connectivity index (χ3n) is 1.46. The van der Waals surface area contributed by atoms with Crippen molar-refractivity contribution in [2.24, 2.45) is 0 Å². The third kappa shape index (κ3) is 1.56. The van der Waals surface area contributed by atoms with Crippen LogP contribution in [-0.4, -0.2) is 13.1 Å². The van der Waals surface area contributed by atoms with E-state index < -0.39 is 0 Å². The minimum Gasteiger partial charge on any atom is -0.465 e. The molecule has 1 heterocycles. The van der Waals surface area contributed by atoms with Crippen molar-refractivity contribution in [1.82, 2.24) is 0 Å². The van der Waals surface area contributed by atoms with Crippen LogP contribution in [0.1, 0.15) is 15.2 Å². The highest BCUT2D eigenvalue weighted by Crippen LogP contribution is 2.28. The molecule has 0 unspecified atom stereocenters.